The van der Waals surface area contributed by atoms with Gasteiger partial charge in [0, 0.05) is 0 Å². The lowest BCUT2D eigenvalue weighted by atomic mass is 10.0. The maximum absolute atomic E-state index is 12.7. The fourth-order valence-corrected chi connectivity index (χ4v) is 3.59. The Hall–Kier alpha value is -2.19. The van der Waals surface area contributed by atoms with E-state index in [9.17, 15) is 9.46 Å². The molecule has 0 aromatic heterocycles. The van der Waals surface area contributed by atoms with E-state index in [1.165, 1.54) is 0 Å². The number of hydrogen-bond donors (Lipinski definition) is 1. The van der Waals surface area contributed by atoms with Crippen LogP contribution in [-0.2, 0) is 9.09 Å². The molecule has 0 aliphatic carbocycles. The monoisotopic (exact) mass is 324 g/mol. The largest absolute Gasteiger partial charge is 0.359 e. The zero-order valence-corrected chi connectivity index (χ0v) is 13.3. The standard InChI is InChI=1S/C19H17O3P/c20-23(21,18-14-8-3-9-15-18)22-19(16-10-4-1-5-11-16)17-12-6-2-7-13-17/h1-15,19H,(H,20,21). The van der Waals surface area contributed by atoms with Gasteiger partial charge in [0.15, 0.2) is 0 Å². The van der Waals surface area contributed by atoms with Gasteiger partial charge in [-0.1, -0.05) is 78.9 Å². The maximum Gasteiger partial charge on any atom is 0.359 e. The third-order valence-electron chi connectivity index (χ3n) is 3.54. The summed E-state index contributed by atoms with van der Waals surface area (Å²) >= 11 is 0. The fourth-order valence-electron chi connectivity index (χ4n) is 2.39. The minimum absolute atomic E-state index is 0.289. The quantitative estimate of drug-likeness (QED) is 0.712. The molecule has 4 heteroatoms. The van der Waals surface area contributed by atoms with E-state index in [1.807, 2.05) is 60.7 Å². The van der Waals surface area contributed by atoms with Crippen LogP contribution in [0.5, 0.6) is 0 Å². The molecule has 0 saturated heterocycles. The van der Waals surface area contributed by atoms with Gasteiger partial charge >= 0.3 is 7.60 Å². The molecule has 3 rings (SSSR count). The number of benzene rings is 3. The summed E-state index contributed by atoms with van der Waals surface area (Å²) in [5, 5.41) is 0.289. The van der Waals surface area contributed by atoms with Gasteiger partial charge in [-0.2, -0.15) is 0 Å². The van der Waals surface area contributed by atoms with Crippen LogP contribution < -0.4 is 5.30 Å². The van der Waals surface area contributed by atoms with Crippen molar-refractivity contribution in [1.29, 1.82) is 0 Å². The van der Waals surface area contributed by atoms with E-state index >= 15 is 0 Å². The third-order valence-corrected chi connectivity index (χ3v) is 4.98. The van der Waals surface area contributed by atoms with Crippen LogP contribution in [0, 0.1) is 0 Å². The minimum atomic E-state index is -3.93. The lowest BCUT2D eigenvalue weighted by molar-refractivity contribution is 0.215. The smallest absolute Gasteiger partial charge is 0.321 e. The van der Waals surface area contributed by atoms with Crippen molar-refractivity contribution in [2.24, 2.45) is 0 Å². The Morgan fingerprint density at radius 1 is 0.696 bits per heavy atom. The van der Waals surface area contributed by atoms with Crippen LogP contribution in [-0.4, -0.2) is 4.89 Å². The molecule has 1 N–H and O–H groups in total. The second-order valence-corrected chi connectivity index (χ2v) is 6.93. The Bertz CT molecular complexity index is 749. The van der Waals surface area contributed by atoms with E-state index in [0.717, 1.165) is 11.1 Å². The van der Waals surface area contributed by atoms with Gasteiger partial charge in [0.05, 0.1) is 5.30 Å². The first-order chi connectivity index (χ1) is 11.2. The molecule has 116 valence electrons. The summed E-state index contributed by atoms with van der Waals surface area (Å²) in [7, 11) is -3.93. The minimum Gasteiger partial charge on any atom is -0.321 e. The average Bonchev–Trinajstić information content (AvgIpc) is 2.62. The third kappa shape index (κ3) is 3.77. The molecule has 0 fully saturated rings. The van der Waals surface area contributed by atoms with Crippen LogP contribution in [0.25, 0.3) is 0 Å². The van der Waals surface area contributed by atoms with Crippen molar-refractivity contribution < 1.29 is 14.0 Å². The Balaban J connectivity index is 1.99. The molecule has 0 saturated carbocycles. The maximum atomic E-state index is 12.7. The molecule has 0 amide bonds. The number of rotatable bonds is 5. The van der Waals surface area contributed by atoms with Crippen LogP contribution >= 0.6 is 7.60 Å². The summed E-state index contributed by atoms with van der Waals surface area (Å²) in [5.41, 5.74) is 1.67. The molecule has 0 aliphatic rings. The molecule has 1 atom stereocenters. The van der Waals surface area contributed by atoms with Crippen molar-refractivity contribution in [2.75, 3.05) is 0 Å². The second kappa shape index (κ2) is 6.93. The summed E-state index contributed by atoms with van der Waals surface area (Å²) in [6.45, 7) is 0. The van der Waals surface area contributed by atoms with E-state index in [0.29, 0.717) is 0 Å². The molecule has 3 nitrogen and oxygen atoms in total. The normalized spacial score (nSPS) is 13.7. The lowest BCUT2D eigenvalue weighted by Gasteiger charge is -2.22. The van der Waals surface area contributed by atoms with E-state index in [-0.39, 0.29) is 5.30 Å². The predicted molar refractivity (Wildman–Crippen MR) is 91.7 cm³/mol. The Morgan fingerprint density at radius 3 is 1.52 bits per heavy atom. The van der Waals surface area contributed by atoms with Gasteiger partial charge in [-0.05, 0) is 23.3 Å². The Labute approximate surface area is 135 Å². The summed E-state index contributed by atoms with van der Waals surface area (Å²) in [6.07, 6.45) is -0.603. The highest BCUT2D eigenvalue weighted by atomic mass is 31.2. The summed E-state index contributed by atoms with van der Waals surface area (Å²) < 4.78 is 18.4. The van der Waals surface area contributed by atoms with Crippen molar-refractivity contribution in [2.45, 2.75) is 6.10 Å². The van der Waals surface area contributed by atoms with E-state index in [1.54, 1.807) is 30.3 Å². The Kier molecular flexibility index (Phi) is 4.73. The first-order valence-corrected chi connectivity index (χ1v) is 8.91. The van der Waals surface area contributed by atoms with Crippen molar-refractivity contribution in [3.8, 4) is 0 Å². The van der Waals surface area contributed by atoms with Crippen molar-refractivity contribution in [1.82, 2.24) is 0 Å². The molecule has 0 spiro atoms. The Morgan fingerprint density at radius 2 is 1.09 bits per heavy atom. The first-order valence-electron chi connectivity index (χ1n) is 7.33. The van der Waals surface area contributed by atoms with E-state index < -0.39 is 13.7 Å². The lowest BCUT2D eigenvalue weighted by Crippen LogP contribution is -2.11. The highest BCUT2D eigenvalue weighted by Crippen LogP contribution is 2.47. The van der Waals surface area contributed by atoms with Gasteiger partial charge in [-0.25, -0.2) is 0 Å². The SMILES string of the molecule is O=P(O)(OC(c1ccccc1)c1ccccc1)c1ccccc1. The zero-order chi connectivity index (χ0) is 16.1. The highest BCUT2D eigenvalue weighted by Gasteiger charge is 2.29. The van der Waals surface area contributed by atoms with Gasteiger partial charge in [0.1, 0.15) is 6.10 Å². The molecule has 0 radical (unpaired) electrons. The molecule has 3 aromatic rings. The molecule has 0 aliphatic heterocycles. The highest BCUT2D eigenvalue weighted by molar-refractivity contribution is 7.61. The molecule has 3 aromatic carbocycles. The van der Waals surface area contributed by atoms with E-state index in [2.05, 4.69) is 0 Å². The summed E-state index contributed by atoms with van der Waals surface area (Å²) in [6, 6.07) is 27.4. The molecule has 23 heavy (non-hydrogen) atoms. The molecule has 0 bridgehead atoms. The van der Waals surface area contributed by atoms with Crippen LogP contribution in [0.3, 0.4) is 0 Å². The van der Waals surface area contributed by atoms with Crippen LogP contribution in [0.1, 0.15) is 17.2 Å². The summed E-state index contributed by atoms with van der Waals surface area (Å²) in [5.74, 6) is 0. The predicted octanol–water partition coefficient (Wildman–Crippen LogP) is 4.30. The molecular formula is C19H17O3P. The summed E-state index contributed by atoms with van der Waals surface area (Å²) in [4.78, 5) is 10.4. The van der Waals surface area contributed by atoms with E-state index in [4.69, 9.17) is 4.52 Å². The van der Waals surface area contributed by atoms with Gasteiger partial charge in [-0.15, -0.1) is 0 Å². The molecule has 1 unspecified atom stereocenters. The number of hydrogen-bond acceptors (Lipinski definition) is 2. The van der Waals surface area contributed by atoms with Crippen molar-refractivity contribution in [3.05, 3.63) is 102 Å². The fraction of sp³-hybridized carbons (Fsp3) is 0.0526. The van der Waals surface area contributed by atoms with Gasteiger partial charge in [-0.3, -0.25) is 9.09 Å². The average molecular weight is 324 g/mol. The topological polar surface area (TPSA) is 46.5 Å². The molecular weight excluding hydrogens is 307 g/mol. The molecule has 0 heterocycles. The second-order valence-electron chi connectivity index (χ2n) is 5.16. The van der Waals surface area contributed by atoms with Crippen LogP contribution in [0.2, 0.25) is 0 Å². The van der Waals surface area contributed by atoms with Crippen LogP contribution in [0.4, 0.5) is 0 Å². The van der Waals surface area contributed by atoms with Crippen molar-refractivity contribution >= 4 is 12.9 Å². The van der Waals surface area contributed by atoms with Gasteiger partial charge < -0.3 is 4.89 Å². The first kappa shape index (κ1) is 15.7. The zero-order valence-electron chi connectivity index (χ0n) is 12.4. The van der Waals surface area contributed by atoms with Crippen molar-refractivity contribution in [3.63, 3.8) is 0 Å². The van der Waals surface area contributed by atoms with Gasteiger partial charge in [0.25, 0.3) is 0 Å². The van der Waals surface area contributed by atoms with Crippen LogP contribution in [0.15, 0.2) is 91.0 Å². The van der Waals surface area contributed by atoms with Gasteiger partial charge in [0.2, 0.25) is 0 Å².